The topological polar surface area (TPSA) is 54.5 Å². The van der Waals surface area contributed by atoms with E-state index in [1.54, 1.807) is 60.7 Å². The number of carbonyl (C=O) groups excluding carboxylic acids is 3. The average Bonchev–Trinajstić information content (AvgIpc) is 3.40. The normalized spacial score (nSPS) is 22.3. The first-order valence-corrected chi connectivity index (χ1v) is 12.6. The van der Waals surface area contributed by atoms with Crippen molar-refractivity contribution < 1.29 is 18.8 Å². The van der Waals surface area contributed by atoms with E-state index in [2.05, 4.69) is 0 Å². The predicted molar refractivity (Wildman–Crippen MR) is 143 cm³/mol. The van der Waals surface area contributed by atoms with Crippen LogP contribution in [-0.4, -0.2) is 29.4 Å². The highest BCUT2D eigenvalue weighted by atomic mass is 19.1. The zero-order valence-corrected chi connectivity index (χ0v) is 20.3. The van der Waals surface area contributed by atoms with Crippen molar-refractivity contribution in [1.29, 1.82) is 0 Å². The van der Waals surface area contributed by atoms with E-state index in [4.69, 9.17) is 0 Å². The van der Waals surface area contributed by atoms with Crippen LogP contribution in [0.5, 0.6) is 0 Å². The number of halogens is 1. The molecule has 7 rings (SSSR count). The molecule has 2 heterocycles. The largest absolute Gasteiger partial charge is 0.352 e. The van der Waals surface area contributed by atoms with Gasteiger partial charge in [0.25, 0.3) is 0 Å². The van der Waals surface area contributed by atoms with Crippen LogP contribution in [0.15, 0.2) is 109 Å². The van der Waals surface area contributed by atoms with Crippen LogP contribution in [0.2, 0.25) is 0 Å². The number of ketones is 3. The Morgan fingerprint density at radius 3 is 2.03 bits per heavy atom. The molecule has 0 saturated carbocycles. The van der Waals surface area contributed by atoms with Crippen molar-refractivity contribution in [1.82, 2.24) is 0 Å². The van der Waals surface area contributed by atoms with Gasteiger partial charge in [-0.3, -0.25) is 14.4 Å². The summed E-state index contributed by atoms with van der Waals surface area (Å²) in [7, 11) is 0. The van der Waals surface area contributed by atoms with Crippen molar-refractivity contribution in [3.8, 4) is 0 Å². The molecule has 3 atom stereocenters. The molecule has 1 saturated heterocycles. The summed E-state index contributed by atoms with van der Waals surface area (Å²) in [6, 6.07) is 27.8. The molecule has 1 fully saturated rings. The van der Waals surface area contributed by atoms with Gasteiger partial charge in [0.15, 0.2) is 17.3 Å². The van der Waals surface area contributed by atoms with Crippen LogP contribution in [0.1, 0.15) is 48.1 Å². The van der Waals surface area contributed by atoms with Crippen LogP contribution in [0.3, 0.4) is 0 Å². The maximum atomic E-state index is 14.5. The first-order valence-electron chi connectivity index (χ1n) is 12.6. The third kappa shape index (κ3) is 2.87. The Labute approximate surface area is 219 Å². The molecule has 4 aromatic carbocycles. The van der Waals surface area contributed by atoms with E-state index in [0.717, 1.165) is 11.3 Å². The van der Waals surface area contributed by atoms with Gasteiger partial charge < -0.3 is 4.90 Å². The zero-order chi connectivity index (χ0) is 26.0. The Hall–Kier alpha value is -4.64. The van der Waals surface area contributed by atoms with Gasteiger partial charge in [0, 0.05) is 28.3 Å². The summed E-state index contributed by atoms with van der Waals surface area (Å²) >= 11 is 0. The highest BCUT2D eigenvalue weighted by Gasteiger charge is 2.71. The van der Waals surface area contributed by atoms with Crippen molar-refractivity contribution in [3.63, 3.8) is 0 Å². The fourth-order valence-electron chi connectivity index (χ4n) is 6.73. The number of anilines is 1. The Balaban J connectivity index is 1.55. The molecular formula is C33H22FNO3. The van der Waals surface area contributed by atoms with E-state index in [1.165, 1.54) is 12.1 Å². The maximum Gasteiger partial charge on any atom is 0.185 e. The lowest BCUT2D eigenvalue weighted by molar-refractivity contribution is 0.0666. The Kier molecular flexibility index (Phi) is 4.86. The minimum Gasteiger partial charge on any atom is -0.352 e. The first-order chi connectivity index (χ1) is 18.5. The number of carbonyl (C=O) groups is 3. The van der Waals surface area contributed by atoms with Crippen LogP contribution < -0.4 is 4.90 Å². The van der Waals surface area contributed by atoms with E-state index in [1.807, 2.05) is 47.4 Å². The molecule has 38 heavy (non-hydrogen) atoms. The van der Waals surface area contributed by atoms with Crippen LogP contribution in [0.4, 0.5) is 10.1 Å². The van der Waals surface area contributed by atoms with E-state index in [0.29, 0.717) is 22.3 Å². The van der Waals surface area contributed by atoms with Crippen LogP contribution in [0, 0.1) is 11.2 Å². The van der Waals surface area contributed by atoms with Gasteiger partial charge in [-0.1, -0.05) is 97.1 Å². The molecule has 0 radical (unpaired) electrons. The molecule has 0 bridgehead atoms. The Bertz CT molecular complexity index is 1620. The van der Waals surface area contributed by atoms with Crippen molar-refractivity contribution in [2.24, 2.45) is 5.41 Å². The molecule has 2 aliphatic heterocycles. The Morgan fingerprint density at radius 2 is 1.34 bits per heavy atom. The third-order valence-electron chi connectivity index (χ3n) is 8.27. The molecular weight excluding hydrogens is 477 g/mol. The minimum absolute atomic E-state index is 0.191. The molecule has 0 unspecified atom stereocenters. The summed E-state index contributed by atoms with van der Waals surface area (Å²) in [5.41, 5.74) is 1.91. The number of Topliss-reactive ketones (excluding diaryl/α,β-unsaturated/α-hetero) is 3. The van der Waals surface area contributed by atoms with Gasteiger partial charge >= 0.3 is 0 Å². The first kappa shape index (κ1) is 22.5. The van der Waals surface area contributed by atoms with Crippen LogP contribution >= 0.6 is 0 Å². The molecule has 1 aliphatic carbocycles. The summed E-state index contributed by atoms with van der Waals surface area (Å²) in [5.74, 6) is -2.06. The summed E-state index contributed by atoms with van der Waals surface area (Å²) in [6.45, 7) is 0. The summed E-state index contributed by atoms with van der Waals surface area (Å²) in [4.78, 5) is 45.4. The van der Waals surface area contributed by atoms with Crippen LogP contribution in [0.25, 0.3) is 6.08 Å². The van der Waals surface area contributed by atoms with Crippen LogP contribution in [-0.2, 0) is 0 Å². The second kappa shape index (κ2) is 8.18. The molecule has 5 heteroatoms. The van der Waals surface area contributed by atoms with Gasteiger partial charge in [-0.25, -0.2) is 4.39 Å². The smallest absolute Gasteiger partial charge is 0.185 e. The number of para-hydroxylation sites is 1. The van der Waals surface area contributed by atoms with Crippen molar-refractivity contribution in [2.45, 2.75) is 18.0 Å². The lowest BCUT2D eigenvalue weighted by atomic mass is 9.64. The summed E-state index contributed by atoms with van der Waals surface area (Å²) in [5, 5.41) is 0. The van der Waals surface area contributed by atoms with Crippen molar-refractivity contribution in [3.05, 3.63) is 143 Å². The molecule has 4 nitrogen and oxygen atoms in total. The van der Waals surface area contributed by atoms with Gasteiger partial charge in [-0.05, 0) is 29.3 Å². The number of nitrogens with zero attached hydrogens (tertiary/aromatic N) is 1. The number of benzene rings is 4. The standard InChI is InChI=1S/C33H22FNO3/c34-23-17-14-21(15-18-23)28-29(30(36)22-9-2-1-3-10-22)35-26-13-7-4-8-20(26)16-19-27(35)33(28)31(37)24-11-5-6-12-25(24)32(33)38/h1-19,27-29H/t27-,28-,29+/m0/s1. The molecule has 184 valence electrons. The number of hydrogen-bond acceptors (Lipinski definition) is 4. The highest BCUT2D eigenvalue weighted by Crippen LogP contribution is 2.60. The fraction of sp³-hybridized carbons (Fsp3) is 0.121. The van der Waals surface area contributed by atoms with Crippen molar-refractivity contribution in [2.75, 3.05) is 4.90 Å². The van der Waals surface area contributed by atoms with E-state index >= 15 is 0 Å². The van der Waals surface area contributed by atoms with Gasteiger partial charge in [0.1, 0.15) is 17.3 Å². The van der Waals surface area contributed by atoms with E-state index in [9.17, 15) is 18.8 Å². The van der Waals surface area contributed by atoms with Gasteiger partial charge in [0.05, 0.1) is 6.04 Å². The maximum absolute atomic E-state index is 14.5. The van der Waals surface area contributed by atoms with Gasteiger partial charge in [-0.15, -0.1) is 0 Å². The number of hydrogen-bond donors (Lipinski definition) is 0. The van der Waals surface area contributed by atoms with E-state index in [-0.39, 0.29) is 17.3 Å². The summed E-state index contributed by atoms with van der Waals surface area (Å²) in [6.07, 6.45) is 3.82. The quantitative estimate of drug-likeness (QED) is 0.251. The number of rotatable bonds is 3. The summed E-state index contributed by atoms with van der Waals surface area (Å²) < 4.78 is 14.1. The molecule has 3 aliphatic rings. The second-order valence-corrected chi connectivity index (χ2v) is 10.0. The Morgan fingerprint density at radius 1 is 0.737 bits per heavy atom. The molecule has 0 aromatic heterocycles. The highest BCUT2D eigenvalue weighted by molar-refractivity contribution is 6.32. The molecule has 0 amide bonds. The SMILES string of the molecule is O=C(c1ccccc1)[C@H]1[C@H](c2ccc(F)cc2)C2(C(=O)c3ccccc3C2=O)[C@@H]2C=Cc3ccccc3N21. The fourth-order valence-corrected chi connectivity index (χ4v) is 6.73. The monoisotopic (exact) mass is 499 g/mol. The molecule has 1 spiro atoms. The average molecular weight is 500 g/mol. The predicted octanol–water partition coefficient (Wildman–Crippen LogP) is 6.14. The number of fused-ring (bicyclic) bond motifs is 5. The zero-order valence-electron chi connectivity index (χ0n) is 20.3. The second-order valence-electron chi connectivity index (χ2n) is 10.0. The van der Waals surface area contributed by atoms with Gasteiger partial charge in [0.2, 0.25) is 0 Å². The minimum atomic E-state index is -1.58. The lowest BCUT2D eigenvalue weighted by Crippen LogP contribution is -2.48. The van der Waals surface area contributed by atoms with Gasteiger partial charge in [-0.2, -0.15) is 0 Å². The molecule has 4 aromatic rings. The van der Waals surface area contributed by atoms with E-state index < -0.39 is 29.2 Å². The molecule has 0 N–H and O–H groups in total. The van der Waals surface area contributed by atoms with Crippen molar-refractivity contribution >= 4 is 29.1 Å². The lowest BCUT2D eigenvalue weighted by Gasteiger charge is -2.37. The third-order valence-corrected chi connectivity index (χ3v) is 8.27.